The molecule has 5 nitrogen and oxygen atoms in total. The van der Waals surface area contributed by atoms with Gasteiger partial charge in [0.1, 0.15) is 0 Å². The molecule has 4 bridgehead atoms. The first-order valence-corrected chi connectivity index (χ1v) is 12.9. The van der Waals surface area contributed by atoms with Crippen LogP contribution in [0.5, 0.6) is 0 Å². The second-order valence-electron chi connectivity index (χ2n) is 10.3. The topological polar surface area (TPSA) is 70.2 Å². The van der Waals surface area contributed by atoms with Crippen LogP contribution in [0.1, 0.15) is 55.3 Å². The Kier molecular flexibility index (Phi) is 6.58. The van der Waals surface area contributed by atoms with Gasteiger partial charge < -0.3 is 16.0 Å². The molecule has 178 valence electrons. The van der Waals surface area contributed by atoms with Crippen LogP contribution in [0.2, 0.25) is 10.0 Å². The van der Waals surface area contributed by atoms with E-state index >= 15 is 0 Å². The van der Waals surface area contributed by atoms with E-state index in [4.69, 9.17) is 35.4 Å². The number of rotatable bonds is 5. The van der Waals surface area contributed by atoms with Crippen LogP contribution < -0.4 is 16.0 Å². The van der Waals surface area contributed by atoms with Gasteiger partial charge in [-0.3, -0.25) is 9.59 Å². The third kappa shape index (κ3) is 5.24. The molecular formula is C26H27Cl2N3O2S. The van der Waals surface area contributed by atoms with Gasteiger partial charge in [0.05, 0.1) is 10.6 Å². The van der Waals surface area contributed by atoms with E-state index in [9.17, 15) is 9.59 Å². The van der Waals surface area contributed by atoms with Crippen LogP contribution in [-0.4, -0.2) is 16.9 Å². The minimum absolute atomic E-state index is 0.0127. The summed E-state index contributed by atoms with van der Waals surface area (Å²) in [5.41, 5.74) is 1.74. The zero-order chi connectivity index (χ0) is 23.9. The molecule has 4 aliphatic carbocycles. The Labute approximate surface area is 215 Å². The zero-order valence-electron chi connectivity index (χ0n) is 18.7. The largest absolute Gasteiger partial charge is 0.332 e. The Morgan fingerprint density at radius 2 is 1.53 bits per heavy atom. The summed E-state index contributed by atoms with van der Waals surface area (Å²) in [7, 11) is 0. The van der Waals surface area contributed by atoms with E-state index in [0.29, 0.717) is 28.4 Å². The lowest BCUT2D eigenvalue weighted by Crippen LogP contribution is -2.48. The van der Waals surface area contributed by atoms with Gasteiger partial charge in [0, 0.05) is 22.8 Å². The Bertz CT molecular complexity index is 1120. The second-order valence-corrected chi connectivity index (χ2v) is 11.5. The maximum Gasteiger partial charge on any atom is 0.257 e. The highest BCUT2D eigenvalue weighted by molar-refractivity contribution is 7.80. The summed E-state index contributed by atoms with van der Waals surface area (Å²) in [6, 6.07) is 11.9. The quantitative estimate of drug-likeness (QED) is 0.389. The average Bonchev–Trinajstić information content (AvgIpc) is 2.72. The molecule has 2 aromatic rings. The number of hydrogen-bond acceptors (Lipinski definition) is 3. The summed E-state index contributed by atoms with van der Waals surface area (Å²) in [5, 5.41) is 9.75. The van der Waals surface area contributed by atoms with E-state index in [1.165, 1.54) is 44.6 Å². The first kappa shape index (κ1) is 23.6. The minimum atomic E-state index is -0.342. The third-order valence-corrected chi connectivity index (χ3v) is 8.26. The van der Waals surface area contributed by atoms with Crippen LogP contribution in [0, 0.1) is 23.2 Å². The Hall–Kier alpha value is -2.15. The van der Waals surface area contributed by atoms with Crippen LogP contribution in [0.15, 0.2) is 42.5 Å². The lowest BCUT2D eigenvalue weighted by Gasteiger charge is -2.56. The molecule has 0 aromatic heterocycles. The number of carbonyl (C=O) groups excluding carboxylic acids is 2. The summed E-state index contributed by atoms with van der Waals surface area (Å²) >= 11 is 17.4. The monoisotopic (exact) mass is 515 g/mol. The molecule has 0 atom stereocenters. The van der Waals surface area contributed by atoms with Crippen molar-refractivity contribution in [3.8, 4) is 0 Å². The second kappa shape index (κ2) is 9.48. The van der Waals surface area contributed by atoms with E-state index in [0.717, 1.165) is 17.8 Å². The number of halogens is 2. The molecule has 34 heavy (non-hydrogen) atoms. The van der Waals surface area contributed by atoms with Gasteiger partial charge in [-0.05, 0) is 110 Å². The van der Waals surface area contributed by atoms with Crippen molar-refractivity contribution < 1.29 is 9.59 Å². The molecule has 4 aliphatic rings. The normalized spacial score (nSPS) is 26.7. The van der Waals surface area contributed by atoms with Gasteiger partial charge >= 0.3 is 0 Å². The first-order valence-electron chi connectivity index (χ1n) is 11.7. The maximum absolute atomic E-state index is 12.8. The first-order chi connectivity index (χ1) is 16.3. The summed E-state index contributed by atoms with van der Waals surface area (Å²) in [6.07, 6.45) is 8.19. The smallest absolute Gasteiger partial charge is 0.257 e. The van der Waals surface area contributed by atoms with Crippen molar-refractivity contribution in [3.05, 3.63) is 58.1 Å². The molecule has 2 aromatic carbocycles. The fourth-order valence-corrected chi connectivity index (χ4v) is 7.45. The van der Waals surface area contributed by atoms with Crippen molar-refractivity contribution in [1.29, 1.82) is 0 Å². The number of amides is 2. The van der Waals surface area contributed by atoms with Crippen molar-refractivity contribution in [2.75, 3.05) is 10.6 Å². The lowest BCUT2D eigenvalue weighted by molar-refractivity contribution is -0.127. The molecular weight excluding hydrogens is 489 g/mol. The molecule has 4 saturated carbocycles. The van der Waals surface area contributed by atoms with Gasteiger partial charge in [-0.2, -0.15) is 0 Å². The van der Waals surface area contributed by atoms with Gasteiger partial charge in [0.15, 0.2) is 5.11 Å². The molecule has 0 radical (unpaired) electrons. The van der Waals surface area contributed by atoms with Crippen LogP contribution in [0.25, 0.3) is 0 Å². The van der Waals surface area contributed by atoms with Gasteiger partial charge in [0.2, 0.25) is 5.91 Å². The highest BCUT2D eigenvalue weighted by Gasteiger charge is 2.51. The maximum atomic E-state index is 12.8. The van der Waals surface area contributed by atoms with Crippen molar-refractivity contribution in [1.82, 2.24) is 5.32 Å². The fraction of sp³-hybridized carbons (Fsp3) is 0.423. The highest BCUT2D eigenvalue weighted by Crippen LogP contribution is 2.61. The molecule has 0 spiro atoms. The van der Waals surface area contributed by atoms with E-state index in [1.54, 1.807) is 30.3 Å². The Morgan fingerprint density at radius 3 is 2.15 bits per heavy atom. The number of carbonyl (C=O) groups is 2. The summed E-state index contributed by atoms with van der Waals surface area (Å²) in [6.45, 7) is 0. The molecule has 8 heteroatoms. The van der Waals surface area contributed by atoms with Gasteiger partial charge in [-0.1, -0.05) is 29.3 Å². The Morgan fingerprint density at radius 1 is 0.912 bits per heavy atom. The van der Waals surface area contributed by atoms with Crippen LogP contribution in [0.4, 0.5) is 11.4 Å². The van der Waals surface area contributed by atoms with E-state index in [-0.39, 0.29) is 27.4 Å². The number of nitrogens with one attached hydrogen (secondary N) is 3. The van der Waals surface area contributed by atoms with Crippen molar-refractivity contribution in [3.63, 3.8) is 0 Å². The molecule has 3 N–H and O–H groups in total. The molecule has 6 rings (SSSR count). The summed E-state index contributed by atoms with van der Waals surface area (Å²) in [4.78, 5) is 25.4. The van der Waals surface area contributed by atoms with Crippen molar-refractivity contribution in [2.45, 2.75) is 44.9 Å². The zero-order valence-corrected chi connectivity index (χ0v) is 21.0. The van der Waals surface area contributed by atoms with Gasteiger partial charge in [-0.25, -0.2) is 0 Å². The summed E-state index contributed by atoms with van der Waals surface area (Å²) < 4.78 is 0. The minimum Gasteiger partial charge on any atom is -0.332 e. The van der Waals surface area contributed by atoms with Crippen molar-refractivity contribution in [2.24, 2.45) is 23.2 Å². The highest BCUT2D eigenvalue weighted by atomic mass is 35.5. The van der Waals surface area contributed by atoms with Gasteiger partial charge in [0.25, 0.3) is 5.91 Å². The Balaban J connectivity index is 1.16. The number of hydrogen-bond donors (Lipinski definition) is 3. The summed E-state index contributed by atoms with van der Waals surface area (Å²) in [5.74, 6) is 2.08. The van der Waals surface area contributed by atoms with Crippen LogP contribution >= 0.6 is 35.4 Å². The molecule has 0 heterocycles. The predicted molar refractivity (Wildman–Crippen MR) is 140 cm³/mol. The number of thiocarbonyl (C=S) groups is 1. The SMILES string of the molecule is O=C(CC12CC3CC(CC(C3)C1)C2)NC(=S)Nc1cccc(NC(=O)c2ccc(Cl)cc2Cl)c1. The number of anilines is 2. The van der Waals surface area contributed by atoms with Crippen LogP contribution in [-0.2, 0) is 4.79 Å². The van der Waals surface area contributed by atoms with Crippen LogP contribution in [0.3, 0.4) is 0 Å². The lowest BCUT2D eigenvalue weighted by atomic mass is 9.49. The fourth-order valence-electron chi connectivity index (χ4n) is 6.73. The molecule has 4 fully saturated rings. The standard InChI is InChI=1S/C26H27Cl2N3O2S/c27-18-4-5-21(22(28)9-18)24(33)29-19-2-1-3-20(10-19)30-25(34)31-23(32)14-26-11-15-6-16(12-26)8-17(7-15)13-26/h1-5,9-10,15-17H,6-8,11-14H2,(H,29,33)(H2,30,31,32,34). The van der Waals surface area contributed by atoms with E-state index in [1.807, 2.05) is 6.07 Å². The number of benzene rings is 2. The third-order valence-electron chi connectivity index (χ3n) is 7.51. The predicted octanol–water partition coefficient (Wildman–Crippen LogP) is 6.67. The van der Waals surface area contributed by atoms with E-state index < -0.39 is 0 Å². The van der Waals surface area contributed by atoms with E-state index in [2.05, 4.69) is 16.0 Å². The van der Waals surface area contributed by atoms with Gasteiger partial charge in [-0.15, -0.1) is 0 Å². The molecule has 0 unspecified atom stereocenters. The molecule has 0 saturated heterocycles. The average molecular weight is 516 g/mol. The van der Waals surface area contributed by atoms with Crippen molar-refractivity contribution >= 4 is 63.7 Å². The molecule has 0 aliphatic heterocycles. The molecule has 2 amide bonds.